The molecule has 5 rings (SSSR count). The van der Waals surface area contributed by atoms with E-state index in [1.165, 1.54) is 17.4 Å². The summed E-state index contributed by atoms with van der Waals surface area (Å²) in [5.41, 5.74) is 3.25. The molecule has 1 unspecified atom stereocenters. The summed E-state index contributed by atoms with van der Waals surface area (Å²) in [5, 5.41) is 11.3. The molecule has 0 bridgehead atoms. The molecule has 0 radical (unpaired) electrons. The summed E-state index contributed by atoms with van der Waals surface area (Å²) in [6.45, 7) is 5.62. The minimum absolute atomic E-state index is 0.249. The molecule has 0 spiro atoms. The molecule has 0 fully saturated rings. The highest BCUT2D eigenvalue weighted by molar-refractivity contribution is 7.21. The second-order valence-corrected chi connectivity index (χ2v) is 8.40. The van der Waals surface area contributed by atoms with E-state index in [0.29, 0.717) is 27.9 Å². The largest absolute Gasteiger partial charge is 0.423 e. The van der Waals surface area contributed by atoms with Gasteiger partial charge in [-0.3, -0.25) is 4.99 Å². The molecule has 3 aromatic rings. The smallest absolute Gasteiger partial charge is 0.336 e. The summed E-state index contributed by atoms with van der Waals surface area (Å²) in [7, 11) is 0. The molecule has 2 aliphatic heterocycles. The molecule has 1 atom stereocenters. The number of halogens is 1. The first-order valence-electron chi connectivity index (χ1n) is 9.74. The predicted molar refractivity (Wildman–Crippen MR) is 117 cm³/mol. The summed E-state index contributed by atoms with van der Waals surface area (Å²) in [4.78, 5) is 17.5. The normalized spacial score (nSPS) is 17.7. The monoisotopic (exact) mass is 419 g/mol. The van der Waals surface area contributed by atoms with Crippen LogP contribution in [0.1, 0.15) is 36.8 Å². The van der Waals surface area contributed by atoms with Gasteiger partial charge in [-0.1, -0.05) is 19.1 Å². The third-order valence-electron chi connectivity index (χ3n) is 5.26. The molecule has 7 heteroatoms. The maximum Gasteiger partial charge on any atom is 0.336 e. The highest BCUT2D eigenvalue weighted by Gasteiger charge is 2.26. The number of ether oxygens (including phenoxy) is 1. The number of carbonyl (C=O) groups excluding carboxylic acids is 1. The van der Waals surface area contributed by atoms with Crippen molar-refractivity contribution in [2.45, 2.75) is 33.2 Å². The lowest BCUT2D eigenvalue weighted by atomic mass is 9.95. The molecule has 2 aromatic carbocycles. The van der Waals surface area contributed by atoms with E-state index >= 15 is 0 Å². The van der Waals surface area contributed by atoms with Gasteiger partial charge in [-0.25, -0.2) is 9.18 Å². The minimum atomic E-state index is -0.563. The highest BCUT2D eigenvalue weighted by Crippen LogP contribution is 2.30. The Kier molecular flexibility index (Phi) is 4.36. The van der Waals surface area contributed by atoms with Crippen LogP contribution in [0.2, 0.25) is 0 Å². The van der Waals surface area contributed by atoms with Crippen molar-refractivity contribution in [3.8, 4) is 5.75 Å². The maximum absolute atomic E-state index is 14.3. The molecule has 30 heavy (non-hydrogen) atoms. The van der Waals surface area contributed by atoms with Crippen LogP contribution in [-0.2, 0) is 11.2 Å². The Morgan fingerprint density at radius 1 is 1.23 bits per heavy atom. The third kappa shape index (κ3) is 2.89. The van der Waals surface area contributed by atoms with Crippen molar-refractivity contribution in [1.29, 1.82) is 0 Å². The van der Waals surface area contributed by atoms with Crippen LogP contribution in [0.3, 0.4) is 0 Å². The Balaban J connectivity index is 1.85. The van der Waals surface area contributed by atoms with Crippen LogP contribution in [0, 0.1) is 5.82 Å². The van der Waals surface area contributed by atoms with Gasteiger partial charge in [0.05, 0.1) is 15.3 Å². The van der Waals surface area contributed by atoms with Gasteiger partial charge < -0.3 is 4.74 Å². The molecule has 3 heterocycles. The Hall–Kier alpha value is -3.19. The Bertz CT molecular complexity index is 1420. The summed E-state index contributed by atoms with van der Waals surface area (Å²) in [6.07, 6.45) is 2.59. The summed E-state index contributed by atoms with van der Waals surface area (Å²) < 4.78 is 20.5. The van der Waals surface area contributed by atoms with Crippen molar-refractivity contribution in [2.75, 3.05) is 0 Å². The average Bonchev–Trinajstić information content (AvgIpc) is 3.08. The Morgan fingerprint density at radius 2 is 2.07 bits per heavy atom. The van der Waals surface area contributed by atoms with Crippen molar-refractivity contribution in [3.63, 3.8) is 0 Å². The molecule has 150 valence electrons. The van der Waals surface area contributed by atoms with E-state index < -0.39 is 6.04 Å². The molecule has 0 N–H and O–H groups in total. The second kappa shape index (κ2) is 6.95. The van der Waals surface area contributed by atoms with E-state index in [1.54, 1.807) is 13.0 Å². The molecule has 5 nitrogen and oxygen atoms in total. The molecule has 0 amide bonds. The standard InChI is InChI=1S/C23H18FN3O2S/c1-4-15-19-14(9-17-20(15)25-12(3)23(28)29-17)8-11(2)26-27-21(19)18-10-13-6-5-7-16(24)22(13)30-18/h5-10,12H,4H2,1-3H3. The average molecular weight is 419 g/mol. The van der Waals surface area contributed by atoms with Crippen molar-refractivity contribution in [3.05, 3.63) is 62.7 Å². The van der Waals surface area contributed by atoms with Crippen molar-refractivity contribution in [1.82, 2.24) is 0 Å². The zero-order valence-corrected chi connectivity index (χ0v) is 17.5. The zero-order valence-electron chi connectivity index (χ0n) is 16.7. The quantitative estimate of drug-likeness (QED) is 0.471. The molecule has 2 aliphatic rings. The first-order valence-corrected chi connectivity index (χ1v) is 10.6. The van der Waals surface area contributed by atoms with Crippen LogP contribution in [0.25, 0.3) is 16.2 Å². The predicted octanol–water partition coefficient (Wildman–Crippen LogP) is 3.54. The van der Waals surface area contributed by atoms with Gasteiger partial charge >= 0.3 is 5.97 Å². The first-order chi connectivity index (χ1) is 14.5. The van der Waals surface area contributed by atoms with Crippen LogP contribution in [-0.4, -0.2) is 23.4 Å². The van der Waals surface area contributed by atoms with Gasteiger partial charge in [0.1, 0.15) is 22.9 Å². The van der Waals surface area contributed by atoms with Gasteiger partial charge in [-0.05, 0) is 60.7 Å². The van der Waals surface area contributed by atoms with Crippen molar-refractivity contribution >= 4 is 44.9 Å². The Labute approximate surface area is 175 Å². The van der Waals surface area contributed by atoms with Crippen LogP contribution in [0.5, 0.6) is 5.75 Å². The third-order valence-corrected chi connectivity index (χ3v) is 6.43. The van der Waals surface area contributed by atoms with Crippen LogP contribution in [0.15, 0.2) is 45.5 Å². The number of carbonyl (C=O) groups is 1. The Morgan fingerprint density at radius 3 is 2.83 bits per heavy atom. The van der Waals surface area contributed by atoms with Crippen molar-refractivity contribution < 1.29 is 13.9 Å². The van der Waals surface area contributed by atoms with E-state index in [2.05, 4.69) is 15.2 Å². The van der Waals surface area contributed by atoms with E-state index in [0.717, 1.165) is 32.3 Å². The first kappa shape index (κ1) is 18.8. The molecular weight excluding hydrogens is 401 g/mol. The molecule has 1 aromatic heterocycles. The summed E-state index contributed by atoms with van der Waals surface area (Å²) in [5.74, 6) is -0.153. The highest BCUT2D eigenvalue weighted by atomic mass is 32.1. The van der Waals surface area contributed by atoms with Crippen LogP contribution >= 0.6 is 11.3 Å². The lowest BCUT2D eigenvalue weighted by Crippen LogP contribution is -2.36. The number of nitrogens with zero attached hydrogens (tertiary/aromatic N) is 3. The number of hydrogen-bond acceptors (Lipinski definition) is 6. The SMILES string of the molecule is CCc1c2c(cc3c1=NC(C)C(=O)O3)=CC(C)=NN=C2c1cc2cccc(F)c2s1. The van der Waals surface area contributed by atoms with Gasteiger partial charge in [0, 0.05) is 5.56 Å². The van der Waals surface area contributed by atoms with E-state index in [-0.39, 0.29) is 11.8 Å². The van der Waals surface area contributed by atoms with Gasteiger partial charge in [-0.15, -0.1) is 16.4 Å². The molecular formula is C23H18FN3O2S. The fourth-order valence-electron chi connectivity index (χ4n) is 3.87. The van der Waals surface area contributed by atoms with Crippen LogP contribution in [0.4, 0.5) is 4.39 Å². The van der Waals surface area contributed by atoms with Crippen molar-refractivity contribution in [2.24, 2.45) is 15.2 Å². The van der Waals surface area contributed by atoms with Gasteiger partial charge in [0.15, 0.2) is 5.75 Å². The molecule has 0 saturated heterocycles. The number of fused-ring (bicyclic) bond motifs is 3. The number of esters is 1. The number of hydrogen-bond donors (Lipinski definition) is 0. The zero-order chi connectivity index (χ0) is 21.0. The summed E-state index contributed by atoms with van der Waals surface area (Å²) in [6, 6.07) is 8.26. The topological polar surface area (TPSA) is 63.4 Å². The van der Waals surface area contributed by atoms with Gasteiger partial charge in [0.25, 0.3) is 0 Å². The lowest BCUT2D eigenvalue weighted by Gasteiger charge is -2.18. The fraction of sp³-hybridized carbons (Fsp3) is 0.217. The second-order valence-electron chi connectivity index (χ2n) is 7.35. The fourth-order valence-corrected chi connectivity index (χ4v) is 4.93. The van der Waals surface area contributed by atoms with E-state index in [1.807, 2.05) is 38.1 Å². The van der Waals surface area contributed by atoms with E-state index in [4.69, 9.17) is 4.74 Å². The number of rotatable bonds is 2. The molecule has 0 aliphatic carbocycles. The minimum Gasteiger partial charge on any atom is -0.423 e. The number of benzene rings is 2. The summed E-state index contributed by atoms with van der Waals surface area (Å²) >= 11 is 1.36. The van der Waals surface area contributed by atoms with E-state index in [9.17, 15) is 9.18 Å². The van der Waals surface area contributed by atoms with Crippen LogP contribution < -0.4 is 15.3 Å². The molecule has 0 saturated carbocycles. The maximum atomic E-state index is 14.3. The van der Waals surface area contributed by atoms with Gasteiger partial charge in [-0.2, -0.15) is 5.10 Å². The lowest BCUT2D eigenvalue weighted by molar-refractivity contribution is -0.136. The van der Waals surface area contributed by atoms with Gasteiger partial charge in [0.2, 0.25) is 0 Å². The number of thiophene rings is 1.